The van der Waals surface area contributed by atoms with E-state index in [1.807, 2.05) is 36.6 Å². The average molecular weight is 415 g/mol. The zero-order chi connectivity index (χ0) is 18.8. The molecule has 27 heavy (non-hydrogen) atoms. The van der Waals surface area contributed by atoms with E-state index in [-0.39, 0.29) is 5.91 Å². The fraction of sp³-hybridized carbons (Fsp3) is 0.100. The van der Waals surface area contributed by atoms with E-state index >= 15 is 0 Å². The fourth-order valence-electron chi connectivity index (χ4n) is 2.71. The quantitative estimate of drug-likeness (QED) is 0.384. The second-order valence-corrected chi connectivity index (χ2v) is 8.43. The number of furan rings is 1. The maximum Gasteiger partial charge on any atom is 0.291 e. The van der Waals surface area contributed by atoms with E-state index in [4.69, 9.17) is 16.0 Å². The second kappa shape index (κ2) is 7.76. The van der Waals surface area contributed by atoms with Crippen molar-refractivity contribution < 1.29 is 9.21 Å². The van der Waals surface area contributed by atoms with Gasteiger partial charge in [-0.3, -0.25) is 4.79 Å². The van der Waals surface area contributed by atoms with E-state index in [0.29, 0.717) is 27.8 Å². The van der Waals surface area contributed by atoms with Crippen LogP contribution in [0.5, 0.6) is 0 Å². The molecular formula is C20H15ClN2O2S2. The summed E-state index contributed by atoms with van der Waals surface area (Å²) in [5.74, 6) is 0.624. The molecule has 0 unspecified atom stereocenters. The summed E-state index contributed by atoms with van der Waals surface area (Å²) in [6.07, 6.45) is 0. The van der Waals surface area contributed by atoms with Gasteiger partial charge in [0.25, 0.3) is 5.91 Å². The number of hydrogen-bond donors (Lipinski definition) is 1. The molecular weight excluding hydrogens is 400 g/mol. The summed E-state index contributed by atoms with van der Waals surface area (Å²) >= 11 is 9.21. The highest BCUT2D eigenvalue weighted by atomic mass is 35.5. The number of carbonyl (C=O) groups is 1. The van der Waals surface area contributed by atoms with Crippen molar-refractivity contribution in [2.45, 2.75) is 17.0 Å². The van der Waals surface area contributed by atoms with Crippen molar-refractivity contribution in [1.29, 1.82) is 0 Å². The smallest absolute Gasteiger partial charge is 0.291 e. The van der Waals surface area contributed by atoms with E-state index in [2.05, 4.69) is 10.3 Å². The third-order valence-corrected chi connectivity index (χ3v) is 6.33. The largest absolute Gasteiger partial charge is 0.451 e. The summed E-state index contributed by atoms with van der Waals surface area (Å²) in [5, 5.41) is 6.38. The number of hydrogen-bond acceptors (Lipinski definition) is 5. The van der Waals surface area contributed by atoms with Gasteiger partial charge in [0.15, 0.2) is 5.76 Å². The lowest BCUT2D eigenvalue weighted by atomic mass is 10.1. The molecule has 0 bridgehead atoms. The highest BCUT2D eigenvalue weighted by molar-refractivity contribution is 8.00. The molecule has 0 spiro atoms. The predicted molar refractivity (Wildman–Crippen MR) is 112 cm³/mol. The van der Waals surface area contributed by atoms with Crippen LogP contribution in [0.15, 0.2) is 62.7 Å². The second-order valence-electron chi connectivity index (χ2n) is 5.91. The molecule has 0 aliphatic heterocycles. The number of halogens is 1. The summed E-state index contributed by atoms with van der Waals surface area (Å²) in [6, 6.07) is 14.7. The van der Waals surface area contributed by atoms with E-state index in [1.165, 1.54) is 0 Å². The van der Waals surface area contributed by atoms with Crippen LogP contribution in [-0.2, 0) is 5.75 Å². The Bertz CT molecular complexity index is 1120. The van der Waals surface area contributed by atoms with Crippen LogP contribution >= 0.6 is 34.7 Å². The molecule has 1 amide bonds. The maximum atomic E-state index is 12.9. The molecule has 0 fully saturated rings. The molecule has 7 heteroatoms. The first-order valence-electron chi connectivity index (χ1n) is 8.22. The Hall–Kier alpha value is -2.28. The zero-order valence-electron chi connectivity index (χ0n) is 14.4. The normalized spacial score (nSPS) is 11.0. The topological polar surface area (TPSA) is 55.1 Å². The van der Waals surface area contributed by atoms with Crippen LogP contribution in [0.2, 0.25) is 5.02 Å². The summed E-state index contributed by atoms with van der Waals surface area (Å²) in [4.78, 5) is 17.3. The summed E-state index contributed by atoms with van der Waals surface area (Å²) in [6.45, 7) is 1.97. The van der Waals surface area contributed by atoms with Crippen molar-refractivity contribution in [3.05, 3.63) is 76.0 Å². The number of rotatable bonds is 5. The number of thiazole rings is 1. The third-order valence-electron chi connectivity index (χ3n) is 3.92. The van der Waals surface area contributed by atoms with Gasteiger partial charge >= 0.3 is 0 Å². The van der Waals surface area contributed by atoms with Crippen molar-refractivity contribution in [3.8, 4) is 0 Å². The first-order valence-corrected chi connectivity index (χ1v) is 10.5. The fourth-order valence-corrected chi connectivity index (χ4v) is 4.78. The predicted octanol–water partition coefficient (Wildman–Crippen LogP) is 6.40. The number of benzene rings is 2. The van der Waals surface area contributed by atoms with Gasteiger partial charge in [-0.25, -0.2) is 4.98 Å². The summed E-state index contributed by atoms with van der Waals surface area (Å²) in [5.41, 5.74) is 3.18. The van der Waals surface area contributed by atoms with Crippen molar-refractivity contribution in [3.63, 3.8) is 0 Å². The van der Waals surface area contributed by atoms with Crippen LogP contribution in [0.3, 0.4) is 0 Å². The lowest BCUT2D eigenvalue weighted by Crippen LogP contribution is -2.12. The lowest BCUT2D eigenvalue weighted by molar-refractivity contribution is 0.0998. The highest BCUT2D eigenvalue weighted by Crippen LogP contribution is 2.33. The van der Waals surface area contributed by atoms with Crippen LogP contribution < -0.4 is 5.32 Å². The van der Waals surface area contributed by atoms with Gasteiger partial charge in [-0.15, -0.1) is 11.3 Å². The van der Waals surface area contributed by atoms with Crippen molar-refractivity contribution in [1.82, 2.24) is 4.98 Å². The van der Waals surface area contributed by atoms with Gasteiger partial charge in [-0.2, -0.15) is 0 Å². The average Bonchev–Trinajstić information content (AvgIpc) is 3.23. The number of amides is 1. The van der Waals surface area contributed by atoms with Gasteiger partial charge < -0.3 is 9.73 Å². The number of para-hydroxylation sites is 1. The Kier molecular flexibility index (Phi) is 5.20. The van der Waals surface area contributed by atoms with E-state index in [0.717, 1.165) is 21.0 Å². The van der Waals surface area contributed by atoms with Crippen LogP contribution in [-0.4, -0.2) is 10.9 Å². The van der Waals surface area contributed by atoms with Gasteiger partial charge in [-0.1, -0.05) is 47.6 Å². The molecule has 0 aliphatic rings. The van der Waals surface area contributed by atoms with Crippen LogP contribution in [0.25, 0.3) is 11.0 Å². The SMILES string of the molecule is Cc1csc(SCc2c(C(=O)Nc3cccc(Cl)c3)oc3ccccc23)n1. The molecule has 0 atom stereocenters. The number of nitrogens with zero attached hydrogens (tertiary/aromatic N) is 1. The van der Waals surface area contributed by atoms with Crippen LogP contribution in [0, 0.1) is 6.92 Å². The zero-order valence-corrected chi connectivity index (χ0v) is 16.8. The minimum absolute atomic E-state index is 0.292. The number of anilines is 1. The van der Waals surface area contributed by atoms with Crippen molar-refractivity contribution in [2.75, 3.05) is 5.32 Å². The third kappa shape index (κ3) is 4.03. The molecule has 4 rings (SSSR count). The summed E-state index contributed by atoms with van der Waals surface area (Å²) < 4.78 is 6.85. The Labute approximate surface area is 169 Å². The maximum absolute atomic E-state index is 12.9. The van der Waals surface area contributed by atoms with Crippen LogP contribution in [0.4, 0.5) is 5.69 Å². The van der Waals surface area contributed by atoms with Gasteiger partial charge in [0.2, 0.25) is 0 Å². The highest BCUT2D eigenvalue weighted by Gasteiger charge is 2.21. The number of carbonyl (C=O) groups excluding carboxylic acids is 1. The Morgan fingerprint density at radius 1 is 1.26 bits per heavy atom. The molecule has 1 N–H and O–H groups in total. The molecule has 136 valence electrons. The van der Waals surface area contributed by atoms with Crippen LogP contribution in [0.1, 0.15) is 21.8 Å². The molecule has 2 heterocycles. The Morgan fingerprint density at radius 3 is 2.89 bits per heavy atom. The molecule has 0 aliphatic carbocycles. The van der Waals surface area contributed by atoms with Crippen molar-refractivity contribution >= 4 is 57.3 Å². The molecule has 0 saturated carbocycles. The lowest BCUT2D eigenvalue weighted by Gasteiger charge is -2.05. The minimum atomic E-state index is -0.292. The molecule has 2 aromatic heterocycles. The van der Waals surface area contributed by atoms with Gasteiger partial charge in [0.05, 0.1) is 0 Å². The number of aromatic nitrogens is 1. The first-order chi connectivity index (χ1) is 13.1. The standard InChI is InChI=1S/C20H15ClN2O2S2/c1-12-10-26-20(22-12)27-11-16-15-7-2-3-8-17(15)25-18(16)19(24)23-14-6-4-5-13(21)9-14/h2-10H,11H2,1H3,(H,23,24). The van der Waals surface area contributed by atoms with Gasteiger partial charge in [0.1, 0.15) is 9.92 Å². The Morgan fingerprint density at radius 2 is 2.11 bits per heavy atom. The number of thioether (sulfide) groups is 1. The minimum Gasteiger partial charge on any atom is -0.451 e. The van der Waals surface area contributed by atoms with E-state index < -0.39 is 0 Å². The van der Waals surface area contributed by atoms with Gasteiger partial charge in [-0.05, 0) is 31.2 Å². The number of nitrogens with one attached hydrogen (secondary N) is 1. The van der Waals surface area contributed by atoms with Gasteiger partial charge in [0, 0.05) is 38.5 Å². The van der Waals surface area contributed by atoms with E-state index in [9.17, 15) is 4.79 Å². The number of aryl methyl sites for hydroxylation is 1. The monoisotopic (exact) mass is 414 g/mol. The molecule has 0 radical (unpaired) electrons. The molecule has 0 saturated heterocycles. The number of fused-ring (bicyclic) bond motifs is 1. The Balaban J connectivity index is 1.65. The summed E-state index contributed by atoms with van der Waals surface area (Å²) in [7, 11) is 0. The van der Waals surface area contributed by atoms with E-state index in [1.54, 1.807) is 47.4 Å². The first kappa shape index (κ1) is 18.1. The molecule has 2 aromatic carbocycles. The van der Waals surface area contributed by atoms with Crippen molar-refractivity contribution in [2.24, 2.45) is 0 Å². The molecule has 4 nitrogen and oxygen atoms in total. The molecule has 4 aromatic rings.